The smallest absolute Gasteiger partial charge is 0.207 e. The van der Waals surface area contributed by atoms with Gasteiger partial charge in [-0.15, -0.1) is 0 Å². The Morgan fingerprint density at radius 3 is 2.26 bits per heavy atom. The van der Waals surface area contributed by atoms with Gasteiger partial charge in [0.15, 0.2) is 0 Å². The van der Waals surface area contributed by atoms with Crippen molar-refractivity contribution in [1.29, 1.82) is 0 Å². The fraction of sp³-hybridized carbons (Fsp3) is 0.500. The van der Waals surface area contributed by atoms with Gasteiger partial charge in [-0.2, -0.15) is 5.48 Å². The lowest BCUT2D eigenvalue weighted by Crippen LogP contribution is -2.22. The molecule has 1 rings (SSSR count). The summed E-state index contributed by atoms with van der Waals surface area (Å²) in [6.07, 6.45) is 0. The average molecular weight is 309 g/mol. The van der Waals surface area contributed by atoms with Crippen LogP contribution in [0.1, 0.15) is 26.3 Å². The Kier molecular flexibility index (Phi) is 10.1. The lowest BCUT2D eigenvalue weighted by Gasteiger charge is -2.10. The van der Waals surface area contributed by atoms with Crippen molar-refractivity contribution >= 4 is 19.6 Å². The summed E-state index contributed by atoms with van der Waals surface area (Å²) in [6.45, 7) is 5.81. The van der Waals surface area contributed by atoms with E-state index in [0.717, 1.165) is 5.56 Å². The molecule has 0 amide bonds. The van der Waals surface area contributed by atoms with Crippen LogP contribution in [0.5, 0.6) is 0 Å². The molecule has 0 heterocycles. The third-order valence-corrected chi connectivity index (χ3v) is 2.89. The quantitative estimate of drug-likeness (QED) is 0.575. The number of hydrogen-bond acceptors (Lipinski definition) is 4. The molecule has 2 unspecified atom stereocenters. The van der Waals surface area contributed by atoms with E-state index in [1.807, 2.05) is 26.0 Å². The third kappa shape index (κ3) is 11.1. The molecule has 110 valence electrons. The summed E-state index contributed by atoms with van der Waals surface area (Å²) in [5, 5.41) is 0.667. The highest BCUT2D eigenvalue weighted by Gasteiger charge is 2.06. The van der Waals surface area contributed by atoms with Gasteiger partial charge in [0.05, 0.1) is 6.61 Å². The van der Waals surface area contributed by atoms with Crippen molar-refractivity contribution in [2.45, 2.75) is 39.2 Å². The minimum Gasteiger partial charge on any atom is -0.345 e. The lowest BCUT2D eigenvalue weighted by atomic mass is 10.2. The number of halogens is 1. The van der Waals surface area contributed by atoms with Crippen molar-refractivity contribution < 1.29 is 14.3 Å². The normalized spacial score (nSPS) is 13.6. The Bertz CT molecular complexity index is 371. The Balaban J connectivity index is 0.000000711. The summed E-state index contributed by atoms with van der Waals surface area (Å²) >= 11 is 5.71. The molecule has 0 fully saturated rings. The topological polar surface area (TPSA) is 84.6 Å². The van der Waals surface area contributed by atoms with Crippen LogP contribution in [0.3, 0.4) is 0 Å². The van der Waals surface area contributed by atoms with Gasteiger partial charge in [0, 0.05) is 5.02 Å². The molecule has 19 heavy (non-hydrogen) atoms. The van der Waals surface area contributed by atoms with Crippen LogP contribution in [-0.4, -0.2) is 16.7 Å². The van der Waals surface area contributed by atoms with Crippen molar-refractivity contribution in [2.24, 2.45) is 5.73 Å². The third-order valence-electron chi connectivity index (χ3n) is 1.78. The summed E-state index contributed by atoms with van der Waals surface area (Å²) in [5.74, 6) is -0.540. The summed E-state index contributed by atoms with van der Waals surface area (Å²) in [5.41, 5.74) is 8.55. The Hall–Kier alpha value is -0.420. The SMILES string of the molecule is CC(C)N.CC(NOCc1ccc(Cl)cc1)[PH](=O)O. The van der Waals surface area contributed by atoms with Crippen molar-refractivity contribution in [3.05, 3.63) is 34.9 Å². The van der Waals surface area contributed by atoms with Crippen LogP contribution in [0.2, 0.25) is 5.02 Å². The van der Waals surface area contributed by atoms with E-state index in [0.29, 0.717) is 17.7 Å². The van der Waals surface area contributed by atoms with Crippen LogP contribution in [0.4, 0.5) is 0 Å². The zero-order chi connectivity index (χ0) is 14.8. The maximum atomic E-state index is 10.6. The molecule has 0 aliphatic rings. The number of benzene rings is 1. The Labute approximate surface area is 119 Å². The van der Waals surface area contributed by atoms with Gasteiger partial charge < -0.3 is 10.6 Å². The van der Waals surface area contributed by atoms with Gasteiger partial charge in [0.1, 0.15) is 5.78 Å². The lowest BCUT2D eigenvalue weighted by molar-refractivity contribution is 0.0218. The van der Waals surface area contributed by atoms with E-state index in [9.17, 15) is 4.57 Å². The summed E-state index contributed by atoms with van der Waals surface area (Å²) < 4.78 is 10.6. The van der Waals surface area contributed by atoms with Crippen molar-refractivity contribution in [3.63, 3.8) is 0 Å². The fourth-order valence-electron chi connectivity index (χ4n) is 0.881. The zero-order valence-corrected chi connectivity index (χ0v) is 13.1. The van der Waals surface area contributed by atoms with Crippen LogP contribution in [0.25, 0.3) is 0 Å². The van der Waals surface area contributed by atoms with E-state index < -0.39 is 13.8 Å². The molecule has 5 nitrogen and oxygen atoms in total. The van der Waals surface area contributed by atoms with Crippen molar-refractivity contribution in [2.75, 3.05) is 0 Å². The summed E-state index contributed by atoms with van der Waals surface area (Å²) in [4.78, 5) is 13.8. The van der Waals surface area contributed by atoms with E-state index in [4.69, 9.17) is 27.1 Å². The molecule has 0 bridgehead atoms. The number of nitrogens with two attached hydrogens (primary N) is 1. The molecule has 4 N–H and O–H groups in total. The number of nitrogens with one attached hydrogen (secondary N) is 1. The first-order valence-corrected chi connectivity index (χ1v) is 7.74. The molecule has 0 saturated heterocycles. The first kappa shape index (κ1) is 18.6. The molecule has 0 aliphatic heterocycles. The van der Waals surface area contributed by atoms with Gasteiger partial charge in [0.25, 0.3) is 0 Å². The molecule has 0 aromatic heterocycles. The largest absolute Gasteiger partial charge is 0.345 e. The maximum absolute atomic E-state index is 10.6. The Morgan fingerprint density at radius 2 is 1.84 bits per heavy atom. The second-order valence-corrected chi connectivity index (χ2v) is 6.32. The molecule has 1 aromatic carbocycles. The van der Waals surface area contributed by atoms with Crippen molar-refractivity contribution in [1.82, 2.24) is 5.48 Å². The second-order valence-electron chi connectivity index (χ2n) is 4.34. The molecule has 0 aliphatic carbocycles. The van der Waals surface area contributed by atoms with E-state index in [2.05, 4.69) is 5.48 Å². The minimum atomic E-state index is -2.58. The summed E-state index contributed by atoms with van der Waals surface area (Å²) in [7, 11) is -2.58. The monoisotopic (exact) mass is 308 g/mol. The molecule has 2 atom stereocenters. The molecule has 7 heteroatoms. The standard InChI is InChI=1S/C9H13ClNO3P.C3H9N/c1-7(15(12)13)11-14-6-8-2-4-9(10)5-3-8;1-3(2)4/h2-5,7,11,15H,6H2,1H3,(H,12,13);3H,4H2,1-2H3. The van der Waals surface area contributed by atoms with Gasteiger partial charge in [-0.05, 0) is 30.7 Å². The predicted molar refractivity (Wildman–Crippen MR) is 79.4 cm³/mol. The van der Waals surface area contributed by atoms with Gasteiger partial charge in [-0.1, -0.05) is 37.6 Å². The average Bonchev–Trinajstić information content (AvgIpc) is 2.30. The van der Waals surface area contributed by atoms with Crippen LogP contribution < -0.4 is 11.2 Å². The molecule has 0 spiro atoms. The minimum absolute atomic E-state index is 0.330. The number of rotatable bonds is 5. The van der Waals surface area contributed by atoms with E-state index in [1.165, 1.54) is 0 Å². The Morgan fingerprint density at radius 1 is 1.37 bits per heavy atom. The van der Waals surface area contributed by atoms with Gasteiger partial charge in [0.2, 0.25) is 8.03 Å². The molecule has 0 saturated carbocycles. The number of hydroxylamine groups is 1. The van der Waals surface area contributed by atoms with Gasteiger partial charge in [-0.3, -0.25) is 9.40 Å². The molecule has 1 aromatic rings. The first-order valence-electron chi connectivity index (χ1n) is 5.93. The summed E-state index contributed by atoms with van der Waals surface area (Å²) in [6, 6.07) is 7.52. The maximum Gasteiger partial charge on any atom is 0.207 e. The molecular weight excluding hydrogens is 287 g/mol. The van der Waals surface area contributed by atoms with E-state index in [-0.39, 0.29) is 0 Å². The van der Waals surface area contributed by atoms with E-state index in [1.54, 1.807) is 19.1 Å². The molecule has 0 radical (unpaired) electrons. The van der Waals surface area contributed by atoms with Crippen LogP contribution in [0.15, 0.2) is 24.3 Å². The predicted octanol–water partition coefficient (Wildman–Crippen LogP) is 2.53. The van der Waals surface area contributed by atoms with Crippen LogP contribution in [-0.2, 0) is 16.0 Å². The van der Waals surface area contributed by atoms with Crippen LogP contribution in [0, 0.1) is 0 Å². The highest BCUT2D eigenvalue weighted by Crippen LogP contribution is 2.18. The van der Waals surface area contributed by atoms with Crippen LogP contribution >= 0.6 is 19.6 Å². The van der Waals surface area contributed by atoms with E-state index >= 15 is 0 Å². The second kappa shape index (κ2) is 10.4. The first-order chi connectivity index (χ1) is 8.82. The van der Waals surface area contributed by atoms with Gasteiger partial charge in [-0.25, -0.2) is 0 Å². The fourth-order valence-corrected chi connectivity index (χ4v) is 1.19. The molecular formula is C12H22ClN2O3P. The highest BCUT2D eigenvalue weighted by atomic mass is 35.5. The van der Waals surface area contributed by atoms with Gasteiger partial charge >= 0.3 is 0 Å². The van der Waals surface area contributed by atoms with Crippen molar-refractivity contribution in [3.8, 4) is 0 Å². The zero-order valence-electron chi connectivity index (χ0n) is 11.4. The number of hydrogen-bond donors (Lipinski definition) is 3. The highest BCUT2D eigenvalue weighted by molar-refractivity contribution is 7.38.